The summed E-state index contributed by atoms with van der Waals surface area (Å²) in [6.45, 7) is 4.84. The monoisotopic (exact) mass is 180 g/mol. The van der Waals surface area contributed by atoms with Gasteiger partial charge >= 0.3 is 0 Å². The van der Waals surface area contributed by atoms with Crippen LogP contribution in [0, 0.1) is 0 Å². The van der Waals surface area contributed by atoms with Crippen molar-refractivity contribution >= 4 is 0 Å². The summed E-state index contributed by atoms with van der Waals surface area (Å²) < 4.78 is 1.91. The fourth-order valence-corrected chi connectivity index (χ4v) is 1.88. The predicted octanol–water partition coefficient (Wildman–Crippen LogP) is 1.32. The average molecular weight is 180 g/mol. The van der Waals surface area contributed by atoms with Gasteiger partial charge in [0.2, 0.25) is 0 Å². The Morgan fingerprint density at radius 2 is 2.38 bits per heavy atom. The fraction of sp³-hybridized carbons (Fsp3) is 0.700. The minimum atomic E-state index is -0.248. The van der Waals surface area contributed by atoms with E-state index in [4.69, 9.17) is 0 Å². The van der Waals surface area contributed by atoms with Gasteiger partial charge in [-0.1, -0.05) is 0 Å². The van der Waals surface area contributed by atoms with Crippen molar-refractivity contribution in [3.8, 4) is 0 Å². The van der Waals surface area contributed by atoms with Crippen LogP contribution in [0.15, 0.2) is 12.4 Å². The molecule has 1 atom stereocenters. The van der Waals surface area contributed by atoms with Crippen LogP contribution in [0.1, 0.15) is 32.3 Å². The molecule has 13 heavy (non-hydrogen) atoms. The molecule has 0 saturated heterocycles. The van der Waals surface area contributed by atoms with Crippen LogP contribution in [0.3, 0.4) is 0 Å². The molecule has 1 aliphatic rings. The number of aryl methyl sites for hydroxylation is 1. The number of nitrogens with zero attached hydrogens (tertiary/aromatic N) is 2. The minimum Gasteiger partial charge on any atom is -0.392 e. The number of aliphatic hydroxyl groups excluding tert-OH is 1. The summed E-state index contributed by atoms with van der Waals surface area (Å²) in [5.41, 5.74) is 1.23. The molecule has 1 aromatic heterocycles. The molecule has 1 aliphatic carbocycles. The van der Waals surface area contributed by atoms with Crippen LogP contribution < -0.4 is 0 Å². The number of aromatic nitrogens is 2. The van der Waals surface area contributed by atoms with Crippen LogP contribution >= 0.6 is 0 Å². The zero-order valence-electron chi connectivity index (χ0n) is 8.20. The molecule has 1 heterocycles. The van der Waals surface area contributed by atoms with E-state index in [1.54, 1.807) is 0 Å². The Balaban J connectivity index is 2.25. The summed E-state index contributed by atoms with van der Waals surface area (Å²) in [6.07, 6.45) is 5.89. The molecule has 1 aromatic rings. The van der Waals surface area contributed by atoms with Crippen molar-refractivity contribution in [3.05, 3.63) is 18.0 Å². The van der Waals surface area contributed by atoms with E-state index >= 15 is 0 Å². The molecule has 1 unspecified atom stereocenters. The lowest BCUT2D eigenvalue weighted by atomic mass is 9.94. The van der Waals surface area contributed by atoms with Gasteiger partial charge in [-0.05, 0) is 32.3 Å². The zero-order chi connectivity index (χ0) is 9.47. The lowest BCUT2D eigenvalue weighted by Gasteiger charge is -2.15. The molecule has 1 N–H and O–H groups in total. The molecule has 3 nitrogen and oxygen atoms in total. The van der Waals surface area contributed by atoms with E-state index in [9.17, 15) is 5.11 Å². The second kappa shape index (κ2) is 2.84. The van der Waals surface area contributed by atoms with Gasteiger partial charge in [-0.25, -0.2) is 0 Å². The molecule has 1 saturated carbocycles. The second-order valence-corrected chi connectivity index (χ2v) is 3.92. The number of hydrogen-bond acceptors (Lipinski definition) is 2. The van der Waals surface area contributed by atoms with Crippen molar-refractivity contribution in [3.63, 3.8) is 0 Å². The summed E-state index contributed by atoms with van der Waals surface area (Å²) in [4.78, 5) is 0. The molecule has 0 radical (unpaired) electrons. The Kier molecular flexibility index (Phi) is 1.91. The van der Waals surface area contributed by atoms with E-state index in [1.165, 1.54) is 5.56 Å². The third kappa shape index (κ3) is 1.27. The van der Waals surface area contributed by atoms with Crippen LogP contribution in [0.4, 0.5) is 0 Å². The van der Waals surface area contributed by atoms with E-state index in [0.717, 1.165) is 19.4 Å². The third-order valence-corrected chi connectivity index (χ3v) is 3.12. The molecule has 0 bridgehead atoms. The number of aliphatic hydroxyl groups is 1. The van der Waals surface area contributed by atoms with Gasteiger partial charge in [0.15, 0.2) is 0 Å². The Bertz CT molecular complexity index is 300. The Morgan fingerprint density at radius 3 is 2.77 bits per heavy atom. The van der Waals surface area contributed by atoms with Crippen molar-refractivity contribution < 1.29 is 5.11 Å². The highest BCUT2D eigenvalue weighted by Crippen LogP contribution is 2.50. The van der Waals surface area contributed by atoms with Crippen LogP contribution in [0.25, 0.3) is 0 Å². The first-order valence-corrected chi connectivity index (χ1v) is 4.90. The predicted molar refractivity (Wildman–Crippen MR) is 50.5 cm³/mol. The smallest absolute Gasteiger partial charge is 0.0609 e. The summed E-state index contributed by atoms with van der Waals surface area (Å²) in [7, 11) is 0. The molecule has 0 aromatic carbocycles. The molecule has 0 spiro atoms. The second-order valence-electron chi connectivity index (χ2n) is 3.92. The molecular formula is C10H16N2O. The van der Waals surface area contributed by atoms with Crippen LogP contribution in [0.5, 0.6) is 0 Å². The molecule has 3 heteroatoms. The zero-order valence-corrected chi connectivity index (χ0v) is 8.20. The summed E-state index contributed by atoms with van der Waals surface area (Å²) in [5, 5.41) is 13.9. The topological polar surface area (TPSA) is 38.0 Å². The lowest BCUT2D eigenvalue weighted by molar-refractivity contribution is 0.150. The van der Waals surface area contributed by atoms with Crippen molar-refractivity contribution in [2.45, 2.75) is 44.8 Å². The summed E-state index contributed by atoms with van der Waals surface area (Å²) in [5.74, 6) is 0. The molecule has 2 rings (SSSR count). The van der Waals surface area contributed by atoms with Crippen molar-refractivity contribution in [2.75, 3.05) is 0 Å². The summed E-state index contributed by atoms with van der Waals surface area (Å²) in [6, 6.07) is 0. The van der Waals surface area contributed by atoms with E-state index < -0.39 is 0 Å². The maximum atomic E-state index is 9.64. The average Bonchev–Trinajstić information content (AvgIpc) is 2.79. The van der Waals surface area contributed by atoms with Gasteiger partial charge in [0.1, 0.15) is 0 Å². The van der Waals surface area contributed by atoms with Crippen molar-refractivity contribution in [1.29, 1.82) is 0 Å². The first kappa shape index (κ1) is 8.75. The molecule has 0 aliphatic heterocycles. The summed E-state index contributed by atoms with van der Waals surface area (Å²) >= 11 is 0. The lowest BCUT2D eigenvalue weighted by Crippen LogP contribution is -2.21. The SMILES string of the molecule is CCn1cc(C2(C(C)O)CC2)cn1. The minimum absolute atomic E-state index is 0.0351. The quantitative estimate of drug-likeness (QED) is 0.761. The Morgan fingerprint density at radius 1 is 1.69 bits per heavy atom. The molecule has 0 amide bonds. The largest absolute Gasteiger partial charge is 0.392 e. The van der Waals surface area contributed by atoms with E-state index in [0.29, 0.717) is 0 Å². The van der Waals surface area contributed by atoms with E-state index in [1.807, 2.05) is 17.8 Å². The maximum absolute atomic E-state index is 9.64. The first-order chi connectivity index (χ1) is 6.19. The first-order valence-electron chi connectivity index (χ1n) is 4.90. The van der Waals surface area contributed by atoms with Crippen LogP contribution in [-0.4, -0.2) is 21.0 Å². The Hall–Kier alpha value is -0.830. The molecule has 1 fully saturated rings. The van der Waals surface area contributed by atoms with Gasteiger partial charge in [-0.2, -0.15) is 5.10 Å². The van der Waals surface area contributed by atoms with Gasteiger partial charge in [-0.15, -0.1) is 0 Å². The third-order valence-electron chi connectivity index (χ3n) is 3.12. The number of rotatable bonds is 3. The van der Waals surface area contributed by atoms with Crippen LogP contribution in [0.2, 0.25) is 0 Å². The van der Waals surface area contributed by atoms with E-state index in [-0.39, 0.29) is 11.5 Å². The van der Waals surface area contributed by atoms with E-state index in [2.05, 4.69) is 18.2 Å². The van der Waals surface area contributed by atoms with Crippen molar-refractivity contribution in [2.24, 2.45) is 0 Å². The van der Waals surface area contributed by atoms with Gasteiger partial charge in [-0.3, -0.25) is 4.68 Å². The van der Waals surface area contributed by atoms with Gasteiger partial charge < -0.3 is 5.11 Å². The van der Waals surface area contributed by atoms with Gasteiger partial charge in [0.05, 0.1) is 12.3 Å². The number of hydrogen-bond donors (Lipinski definition) is 1. The van der Waals surface area contributed by atoms with Crippen LogP contribution in [-0.2, 0) is 12.0 Å². The standard InChI is InChI=1S/C10H16N2O/c1-3-12-7-9(6-11-12)10(4-5-10)8(2)13/h6-8,13H,3-5H2,1-2H3. The highest BCUT2D eigenvalue weighted by molar-refractivity contribution is 5.28. The normalized spacial score (nSPS) is 21.5. The highest BCUT2D eigenvalue weighted by Gasteiger charge is 2.49. The van der Waals surface area contributed by atoms with Gasteiger partial charge in [0, 0.05) is 18.2 Å². The van der Waals surface area contributed by atoms with Gasteiger partial charge in [0.25, 0.3) is 0 Å². The Labute approximate surface area is 78.4 Å². The maximum Gasteiger partial charge on any atom is 0.0609 e. The molecular weight excluding hydrogens is 164 g/mol. The molecule has 72 valence electrons. The fourth-order valence-electron chi connectivity index (χ4n) is 1.88. The van der Waals surface area contributed by atoms with Crippen molar-refractivity contribution in [1.82, 2.24) is 9.78 Å². The highest BCUT2D eigenvalue weighted by atomic mass is 16.3.